The molecular formula is C7H7F3N4O3. The Labute approximate surface area is 92.0 Å². The zero-order chi connectivity index (χ0) is 13.2. The molecule has 0 aromatic carbocycles. The van der Waals surface area contributed by atoms with Gasteiger partial charge in [-0.05, 0) is 6.92 Å². The molecule has 0 aliphatic carbocycles. The largest absolute Gasteiger partial charge is 0.475 e. The molecule has 0 aliphatic heterocycles. The Morgan fingerprint density at radius 1 is 1.47 bits per heavy atom. The van der Waals surface area contributed by atoms with E-state index in [0.29, 0.717) is 0 Å². The first kappa shape index (κ1) is 12.9. The van der Waals surface area contributed by atoms with Crippen LogP contribution in [-0.2, 0) is 4.79 Å². The lowest BCUT2D eigenvalue weighted by Gasteiger charge is -2.12. The van der Waals surface area contributed by atoms with E-state index in [-0.39, 0.29) is 5.82 Å². The lowest BCUT2D eigenvalue weighted by atomic mass is 10.3. The molecule has 10 heteroatoms. The summed E-state index contributed by atoms with van der Waals surface area (Å²) in [6, 6.07) is -1.13. The van der Waals surface area contributed by atoms with Gasteiger partial charge in [0.05, 0.1) is 6.04 Å². The SMILES string of the molecule is CC(NC(=O)C(F)(F)F)c1nc(C(=O)O)n[nH]1. The topological polar surface area (TPSA) is 108 Å². The van der Waals surface area contributed by atoms with Crippen LogP contribution < -0.4 is 5.32 Å². The van der Waals surface area contributed by atoms with Crippen molar-refractivity contribution in [2.75, 3.05) is 0 Å². The van der Waals surface area contributed by atoms with Crippen molar-refractivity contribution >= 4 is 11.9 Å². The number of carboxylic acids is 1. The second-order valence-electron chi connectivity index (χ2n) is 3.04. The summed E-state index contributed by atoms with van der Waals surface area (Å²) in [7, 11) is 0. The molecule has 1 aromatic rings. The predicted molar refractivity (Wildman–Crippen MR) is 46.0 cm³/mol. The van der Waals surface area contributed by atoms with Crippen LogP contribution in [0.4, 0.5) is 13.2 Å². The summed E-state index contributed by atoms with van der Waals surface area (Å²) >= 11 is 0. The molecule has 1 aromatic heterocycles. The van der Waals surface area contributed by atoms with Gasteiger partial charge >= 0.3 is 18.1 Å². The number of nitrogens with zero attached hydrogens (tertiary/aromatic N) is 2. The van der Waals surface area contributed by atoms with Crippen molar-refractivity contribution in [1.29, 1.82) is 0 Å². The van der Waals surface area contributed by atoms with E-state index in [0.717, 1.165) is 0 Å². The minimum Gasteiger partial charge on any atom is -0.475 e. The first-order valence-corrected chi connectivity index (χ1v) is 4.25. The number of H-pyrrole nitrogens is 1. The maximum atomic E-state index is 11.9. The summed E-state index contributed by atoms with van der Waals surface area (Å²) in [6.07, 6.45) is -5.01. The smallest absolute Gasteiger partial charge is 0.471 e. The van der Waals surface area contributed by atoms with Gasteiger partial charge in [0.25, 0.3) is 5.82 Å². The van der Waals surface area contributed by atoms with E-state index in [1.807, 2.05) is 0 Å². The van der Waals surface area contributed by atoms with Crippen LogP contribution in [0.2, 0.25) is 0 Å². The molecule has 0 radical (unpaired) electrons. The van der Waals surface area contributed by atoms with Gasteiger partial charge < -0.3 is 10.4 Å². The van der Waals surface area contributed by atoms with Crippen molar-refractivity contribution in [2.45, 2.75) is 19.1 Å². The number of amides is 1. The zero-order valence-electron chi connectivity index (χ0n) is 8.37. The summed E-state index contributed by atoms with van der Waals surface area (Å²) in [6.45, 7) is 1.20. The highest BCUT2D eigenvalue weighted by Crippen LogP contribution is 2.16. The number of hydrogen-bond donors (Lipinski definition) is 3. The van der Waals surface area contributed by atoms with Crippen LogP contribution in [0.25, 0.3) is 0 Å². The Morgan fingerprint density at radius 2 is 2.06 bits per heavy atom. The fraction of sp³-hybridized carbons (Fsp3) is 0.429. The van der Waals surface area contributed by atoms with Gasteiger partial charge in [-0.3, -0.25) is 9.89 Å². The van der Waals surface area contributed by atoms with Gasteiger partial charge in [-0.1, -0.05) is 0 Å². The third-order valence-electron chi connectivity index (χ3n) is 1.71. The number of rotatable bonds is 3. The molecule has 0 saturated heterocycles. The second kappa shape index (κ2) is 4.39. The molecule has 0 spiro atoms. The van der Waals surface area contributed by atoms with E-state index in [9.17, 15) is 22.8 Å². The molecule has 17 heavy (non-hydrogen) atoms. The first-order chi connectivity index (χ1) is 7.71. The molecule has 0 saturated carbocycles. The van der Waals surface area contributed by atoms with Crippen LogP contribution in [0.3, 0.4) is 0 Å². The average molecular weight is 252 g/mol. The number of nitrogens with one attached hydrogen (secondary N) is 2. The van der Waals surface area contributed by atoms with Crippen LogP contribution in [0, 0.1) is 0 Å². The lowest BCUT2D eigenvalue weighted by Crippen LogP contribution is -2.38. The fourth-order valence-electron chi connectivity index (χ4n) is 0.910. The molecule has 94 valence electrons. The number of alkyl halides is 3. The molecule has 1 heterocycles. The molecule has 0 aliphatic rings. The van der Waals surface area contributed by atoms with Crippen molar-refractivity contribution in [1.82, 2.24) is 20.5 Å². The highest BCUT2D eigenvalue weighted by atomic mass is 19.4. The minimum absolute atomic E-state index is 0.181. The molecule has 1 amide bonds. The number of aromatic nitrogens is 3. The van der Waals surface area contributed by atoms with Crippen LogP contribution in [-0.4, -0.2) is 38.3 Å². The number of aromatic amines is 1. The summed E-state index contributed by atoms with van der Waals surface area (Å²) < 4.78 is 35.7. The fourth-order valence-corrected chi connectivity index (χ4v) is 0.910. The summed E-state index contributed by atoms with van der Waals surface area (Å²) in [5.74, 6) is -4.34. The molecule has 7 nitrogen and oxygen atoms in total. The number of carbonyl (C=O) groups is 2. The van der Waals surface area contributed by atoms with Crippen LogP contribution >= 0.6 is 0 Å². The molecular weight excluding hydrogens is 245 g/mol. The Kier molecular flexibility index (Phi) is 3.34. The van der Waals surface area contributed by atoms with Gasteiger partial charge in [0.15, 0.2) is 0 Å². The summed E-state index contributed by atoms with van der Waals surface area (Å²) in [5, 5.41) is 15.4. The normalized spacial score (nSPS) is 13.2. The molecule has 1 unspecified atom stereocenters. The Balaban J connectivity index is 2.73. The highest BCUT2D eigenvalue weighted by Gasteiger charge is 2.39. The molecule has 3 N–H and O–H groups in total. The van der Waals surface area contributed by atoms with Gasteiger partial charge in [0.2, 0.25) is 0 Å². The van der Waals surface area contributed by atoms with Crippen LogP contribution in [0.1, 0.15) is 29.4 Å². The summed E-state index contributed by atoms with van der Waals surface area (Å²) in [5.41, 5.74) is 0. The molecule has 0 fully saturated rings. The van der Waals surface area contributed by atoms with E-state index in [1.165, 1.54) is 6.92 Å². The maximum Gasteiger partial charge on any atom is 0.471 e. The van der Waals surface area contributed by atoms with Crippen molar-refractivity contribution in [3.8, 4) is 0 Å². The first-order valence-electron chi connectivity index (χ1n) is 4.25. The Hall–Kier alpha value is -2.13. The average Bonchev–Trinajstić information content (AvgIpc) is 2.64. The van der Waals surface area contributed by atoms with Gasteiger partial charge in [0.1, 0.15) is 5.82 Å². The van der Waals surface area contributed by atoms with Crippen molar-refractivity contribution in [3.05, 3.63) is 11.6 Å². The highest BCUT2D eigenvalue weighted by molar-refractivity contribution is 5.83. The van der Waals surface area contributed by atoms with Crippen molar-refractivity contribution in [3.63, 3.8) is 0 Å². The van der Waals surface area contributed by atoms with E-state index in [4.69, 9.17) is 5.11 Å². The van der Waals surface area contributed by atoms with Gasteiger partial charge in [-0.25, -0.2) is 9.78 Å². The second-order valence-corrected chi connectivity index (χ2v) is 3.04. The van der Waals surface area contributed by atoms with Gasteiger partial charge in [-0.15, -0.1) is 5.10 Å². The van der Waals surface area contributed by atoms with E-state index >= 15 is 0 Å². The number of hydrogen-bond acceptors (Lipinski definition) is 4. The number of carbonyl (C=O) groups excluding carboxylic acids is 1. The molecule has 1 rings (SSSR count). The zero-order valence-corrected chi connectivity index (χ0v) is 8.37. The lowest BCUT2D eigenvalue weighted by molar-refractivity contribution is -0.174. The number of aromatic carboxylic acids is 1. The molecule has 1 atom stereocenters. The van der Waals surface area contributed by atoms with Crippen LogP contribution in [0.5, 0.6) is 0 Å². The van der Waals surface area contributed by atoms with Crippen LogP contribution in [0.15, 0.2) is 0 Å². The summed E-state index contributed by atoms with van der Waals surface area (Å²) in [4.78, 5) is 24.4. The predicted octanol–water partition coefficient (Wildman–Crippen LogP) is 0.242. The quantitative estimate of drug-likeness (QED) is 0.714. The van der Waals surface area contributed by atoms with Crippen molar-refractivity contribution in [2.24, 2.45) is 0 Å². The van der Waals surface area contributed by atoms with Gasteiger partial charge in [-0.2, -0.15) is 13.2 Å². The van der Waals surface area contributed by atoms with E-state index < -0.39 is 29.9 Å². The maximum absolute atomic E-state index is 11.9. The molecule has 0 bridgehead atoms. The Bertz CT molecular complexity index is 442. The third kappa shape index (κ3) is 3.16. The van der Waals surface area contributed by atoms with Gasteiger partial charge in [0, 0.05) is 0 Å². The number of carboxylic acid groups (broad SMARTS) is 1. The van der Waals surface area contributed by atoms with Crippen molar-refractivity contribution < 1.29 is 27.9 Å². The van der Waals surface area contributed by atoms with E-state index in [1.54, 1.807) is 5.32 Å². The Morgan fingerprint density at radius 3 is 2.47 bits per heavy atom. The monoisotopic (exact) mass is 252 g/mol. The minimum atomic E-state index is -5.01. The number of halogens is 3. The van der Waals surface area contributed by atoms with E-state index in [2.05, 4.69) is 15.2 Å². The standard InChI is InChI=1S/C7H7F3N4O3/c1-2(11-6(17)7(8,9)10)3-12-4(5(15)16)14-13-3/h2H,1H3,(H,11,17)(H,15,16)(H,12,13,14). The third-order valence-corrected chi connectivity index (χ3v) is 1.71.